The SMILES string of the molecule is COc1c(O)ccc(/C=N/NC(=O)CNC(=O)c2cccc(F)c2)c1[N+](=O)[O-]. The molecule has 0 spiro atoms. The molecule has 0 atom stereocenters. The molecule has 0 heterocycles. The molecular weight excluding hydrogens is 375 g/mol. The number of phenolic OH excluding ortho intramolecular Hbond substituents is 1. The number of aromatic hydroxyl groups is 1. The smallest absolute Gasteiger partial charge is 0.323 e. The van der Waals surface area contributed by atoms with Gasteiger partial charge in [0.05, 0.1) is 30.4 Å². The number of nitro benzene ring substituents is 1. The summed E-state index contributed by atoms with van der Waals surface area (Å²) in [6.07, 6.45) is 0.992. The molecule has 11 heteroatoms. The minimum absolute atomic E-state index is 0.0243. The number of phenols is 1. The van der Waals surface area contributed by atoms with Gasteiger partial charge in [0.25, 0.3) is 11.8 Å². The first-order valence-electron chi connectivity index (χ1n) is 7.73. The second-order valence-electron chi connectivity index (χ2n) is 5.30. The Hall–Kier alpha value is -4.02. The van der Waals surface area contributed by atoms with E-state index >= 15 is 0 Å². The average Bonchev–Trinajstić information content (AvgIpc) is 2.66. The van der Waals surface area contributed by atoms with Gasteiger partial charge >= 0.3 is 5.69 Å². The highest BCUT2D eigenvalue weighted by atomic mass is 19.1. The molecule has 0 aliphatic rings. The summed E-state index contributed by atoms with van der Waals surface area (Å²) in [5.74, 6) is -2.72. The maximum Gasteiger partial charge on any atom is 0.323 e. The molecule has 2 amide bonds. The molecule has 0 aliphatic heterocycles. The number of amides is 2. The molecule has 0 saturated carbocycles. The lowest BCUT2D eigenvalue weighted by Crippen LogP contribution is -2.34. The number of benzene rings is 2. The summed E-state index contributed by atoms with van der Waals surface area (Å²) >= 11 is 0. The Labute approximate surface area is 157 Å². The van der Waals surface area contributed by atoms with Crippen LogP contribution in [-0.4, -0.2) is 41.7 Å². The standard InChI is InChI=1S/C17H15FN4O6/c1-28-16-13(23)6-5-11(15(16)22(26)27)8-20-21-14(24)9-19-17(25)10-3-2-4-12(18)7-10/h2-8,23H,9H2,1H3,(H,19,25)(H,21,24)/b20-8+. The molecule has 3 N–H and O–H groups in total. The van der Waals surface area contributed by atoms with Crippen molar-refractivity contribution in [3.8, 4) is 11.5 Å². The van der Waals surface area contributed by atoms with Gasteiger partial charge in [0.2, 0.25) is 5.75 Å². The van der Waals surface area contributed by atoms with Crippen molar-refractivity contribution in [2.24, 2.45) is 5.10 Å². The number of rotatable bonds is 7. The lowest BCUT2D eigenvalue weighted by Gasteiger charge is -2.06. The third-order valence-corrected chi connectivity index (χ3v) is 3.42. The van der Waals surface area contributed by atoms with Gasteiger partial charge in [0.15, 0.2) is 5.75 Å². The third-order valence-electron chi connectivity index (χ3n) is 3.42. The molecule has 2 aromatic carbocycles. The summed E-state index contributed by atoms with van der Waals surface area (Å²) in [7, 11) is 1.16. The molecule has 0 bridgehead atoms. The quantitative estimate of drug-likeness (QED) is 0.370. The van der Waals surface area contributed by atoms with Crippen LogP contribution in [0.4, 0.5) is 10.1 Å². The molecule has 10 nitrogen and oxygen atoms in total. The van der Waals surface area contributed by atoms with Crippen LogP contribution in [0.5, 0.6) is 11.5 Å². The van der Waals surface area contributed by atoms with Crippen LogP contribution in [0.3, 0.4) is 0 Å². The lowest BCUT2D eigenvalue weighted by molar-refractivity contribution is -0.386. The van der Waals surface area contributed by atoms with Crippen molar-refractivity contribution in [3.05, 3.63) is 63.5 Å². The molecule has 0 aromatic heterocycles. The number of methoxy groups -OCH3 is 1. The van der Waals surface area contributed by atoms with Gasteiger partial charge in [-0.3, -0.25) is 19.7 Å². The molecule has 28 heavy (non-hydrogen) atoms. The largest absolute Gasteiger partial charge is 0.504 e. The molecule has 0 aliphatic carbocycles. The molecule has 0 unspecified atom stereocenters. The van der Waals surface area contributed by atoms with E-state index in [4.69, 9.17) is 4.74 Å². The minimum Gasteiger partial charge on any atom is -0.504 e. The Morgan fingerprint density at radius 2 is 2.11 bits per heavy atom. The molecule has 146 valence electrons. The van der Waals surface area contributed by atoms with Crippen molar-refractivity contribution in [3.63, 3.8) is 0 Å². The van der Waals surface area contributed by atoms with Gasteiger partial charge in [-0.05, 0) is 30.3 Å². The summed E-state index contributed by atoms with van der Waals surface area (Å²) in [4.78, 5) is 33.9. The first kappa shape index (κ1) is 20.3. The van der Waals surface area contributed by atoms with E-state index < -0.39 is 40.5 Å². The van der Waals surface area contributed by atoms with Gasteiger partial charge in [0, 0.05) is 5.56 Å². The lowest BCUT2D eigenvalue weighted by atomic mass is 10.1. The van der Waals surface area contributed by atoms with Crippen LogP contribution in [0.2, 0.25) is 0 Å². The normalized spacial score (nSPS) is 10.5. The summed E-state index contributed by atoms with van der Waals surface area (Å²) < 4.78 is 17.9. The molecule has 2 aromatic rings. The first-order chi connectivity index (χ1) is 13.3. The van der Waals surface area contributed by atoms with Gasteiger partial charge < -0.3 is 15.2 Å². The fourth-order valence-corrected chi connectivity index (χ4v) is 2.18. The van der Waals surface area contributed by atoms with Crippen molar-refractivity contribution in [2.45, 2.75) is 0 Å². The highest BCUT2D eigenvalue weighted by Crippen LogP contribution is 2.37. The van der Waals surface area contributed by atoms with Crippen LogP contribution < -0.4 is 15.5 Å². The van der Waals surface area contributed by atoms with Crippen molar-refractivity contribution in [2.75, 3.05) is 13.7 Å². The van der Waals surface area contributed by atoms with Crippen LogP contribution >= 0.6 is 0 Å². The zero-order valence-electron chi connectivity index (χ0n) is 14.5. The number of carbonyl (C=O) groups excluding carboxylic acids is 2. The zero-order valence-corrected chi connectivity index (χ0v) is 14.5. The van der Waals surface area contributed by atoms with Crippen molar-refractivity contribution in [1.82, 2.24) is 10.7 Å². The molecule has 0 radical (unpaired) electrons. The van der Waals surface area contributed by atoms with E-state index in [1.54, 1.807) is 0 Å². The van der Waals surface area contributed by atoms with Gasteiger partial charge in [-0.25, -0.2) is 9.82 Å². The Balaban J connectivity index is 1.98. The molecule has 0 saturated heterocycles. The Morgan fingerprint density at radius 1 is 1.36 bits per heavy atom. The van der Waals surface area contributed by atoms with Gasteiger partial charge in [-0.15, -0.1) is 0 Å². The van der Waals surface area contributed by atoms with Crippen molar-refractivity contribution < 1.29 is 28.7 Å². The van der Waals surface area contributed by atoms with Crippen LogP contribution in [0.25, 0.3) is 0 Å². The second kappa shape index (κ2) is 9.07. The number of halogens is 1. The summed E-state index contributed by atoms with van der Waals surface area (Å²) in [6.45, 7) is -0.451. The van der Waals surface area contributed by atoms with Crippen molar-refractivity contribution in [1.29, 1.82) is 0 Å². The van der Waals surface area contributed by atoms with Gasteiger partial charge in [0.1, 0.15) is 5.82 Å². The third kappa shape index (κ3) is 5.00. The van der Waals surface area contributed by atoms with E-state index in [9.17, 15) is 29.2 Å². The van der Waals surface area contributed by atoms with E-state index in [0.29, 0.717) is 0 Å². The molecule has 2 rings (SSSR count). The number of hydrazone groups is 1. The van der Waals surface area contributed by atoms with Gasteiger partial charge in [-0.1, -0.05) is 6.07 Å². The highest BCUT2D eigenvalue weighted by Gasteiger charge is 2.23. The van der Waals surface area contributed by atoms with E-state index in [1.165, 1.54) is 30.3 Å². The van der Waals surface area contributed by atoms with Crippen LogP contribution in [0.1, 0.15) is 15.9 Å². The number of hydrogen-bond donors (Lipinski definition) is 3. The minimum atomic E-state index is -0.763. The predicted octanol–water partition coefficient (Wildman–Crippen LogP) is 1.33. The second-order valence-corrected chi connectivity index (χ2v) is 5.30. The predicted molar refractivity (Wildman–Crippen MR) is 95.8 cm³/mol. The van der Waals surface area contributed by atoms with Crippen LogP contribution in [-0.2, 0) is 4.79 Å². The molecular formula is C17H15FN4O6. The Kier molecular flexibility index (Phi) is 6.58. The topological polar surface area (TPSA) is 143 Å². The number of ether oxygens (including phenoxy) is 1. The monoisotopic (exact) mass is 390 g/mol. The Morgan fingerprint density at radius 3 is 2.75 bits per heavy atom. The van der Waals surface area contributed by atoms with Crippen LogP contribution in [0, 0.1) is 15.9 Å². The Bertz CT molecular complexity index is 947. The van der Waals surface area contributed by atoms with Gasteiger partial charge in [-0.2, -0.15) is 5.10 Å². The number of nitro groups is 1. The van der Waals surface area contributed by atoms with E-state index in [0.717, 1.165) is 19.4 Å². The highest BCUT2D eigenvalue weighted by molar-refractivity contribution is 5.96. The summed E-state index contributed by atoms with van der Waals surface area (Å²) in [6, 6.07) is 7.32. The number of nitrogens with zero attached hydrogens (tertiary/aromatic N) is 2. The van der Waals surface area contributed by atoms with E-state index in [2.05, 4.69) is 15.8 Å². The average molecular weight is 390 g/mol. The first-order valence-corrected chi connectivity index (χ1v) is 7.73. The fourth-order valence-electron chi connectivity index (χ4n) is 2.18. The van der Waals surface area contributed by atoms with Crippen molar-refractivity contribution >= 4 is 23.7 Å². The van der Waals surface area contributed by atoms with Crippen LogP contribution in [0.15, 0.2) is 41.5 Å². The van der Waals surface area contributed by atoms with E-state index in [-0.39, 0.29) is 16.9 Å². The maximum atomic E-state index is 13.1. The fraction of sp³-hybridized carbons (Fsp3) is 0.118. The number of nitrogens with one attached hydrogen (secondary N) is 2. The zero-order chi connectivity index (χ0) is 20.7. The molecule has 0 fully saturated rings. The summed E-state index contributed by atoms with van der Waals surface area (Å²) in [5, 5.41) is 26.6. The number of hydrogen-bond acceptors (Lipinski definition) is 7. The maximum absolute atomic E-state index is 13.1. The summed E-state index contributed by atoms with van der Waals surface area (Å²) in [5.41, 5.74) is 1.58. The number of carbonyl (C=O) groups is 2. The van der Waals surface area contributed by atoms with E-state index in [1.807, 2.05) is 0 Å².